The summed E-state index contributed by atoms with van der Waals surface area (Å²) < 4.78 is 5.05. The number of rotatable bonds is 4. The lowest BCUT2D eigenvalue weighted by atomic mass is 10.2. The van der Waals surface area contributed by atoms with E-state index in [1.165, 1.54) is 14.0 Å². The number of hydrogen-bond acceptors (Lipinski definition) is 4. The summed E-state index contributed by atoms with van der Waals surface area (Å²) >= 11 is 0. The van der Waals surface area contributed by atoms with E-state index in [1.54, 1.807) is 42.6 Å². The summed E-state index contributed by atoms with van der Waals surface area (Å²) in [5, 5.41) is 5.40. The van der Waals surface area contributed by atoms with Crippen molar-refractivity contribution >= 4 is 23.2 Å². The molecule has 108 valence electrons. The van der Waals surface area contributed by atoms with Gasteiger partial charge in [0.25, 0.3) is 5.91 Å². The van der Waals surface area contributed by atoms with Crippen LogP contribution in [0.25, 0.3) is 0 Å². The second-order valence-corrected chi connectivity index (χ2v) is 4.27. The molecular weight excluding hydrogens is 270 g/mol. The zero-order chi connectivity index (χ0) is 15.2. The topological polar surface area (TPSA) is 80.3 Å². The molecule has 6 nitrogen and oxygen atoms in total. The van der Waals surface area contributed by atoms with Crippen molar-refractivity contribution in [2.75, 3.05) is 17.7 Å². The van der Waals surface area contributed by atoms with Gasteiger partial charge in [0.15, 0.2) is 0 Å². The lowest BCUT2D eigenvalue weighted by molar-refractivity contribution is -0.114. The van der Waals surface area contributed by atoms with Crippen LogP contribution in [0.3, 0.4) is 0 Å². The van der Waals surface area contributed by atoms with E-state index in [0.29, 0.717) is 16.9 Å². The van der Waals surface area contributed by atoms with Crippen LogP contribution in [-0.4, -0.2) is 23.9 Å². The number of carbonyl (C=O) groups is 2. The van der Waals surface area contributed by atoms with Crippen LogP contribution in [0.4, 0.5) is 11.4 Å². The highest BCUT2D eigenvalue weighted by Gasteiger charge is 2.12. The number of nitrogens with zero attached hydrogens (tertiary/aromatic N) is 1. The van der Waals surface area contributed by atoms with E-state index in [0.717, 1.165) is 0 Å². The molecule has 0 spiro atoms. The monoisotopic (exact) mass is 285 g/mol. The zero-order valence-electron chi connectivity index (χ0n) is 11.7. The fourth-order valence-electron chi connectivity index (χ4n) is 1.76. The Morgan fingerprint density at radius 3 is 2.24 bits per heavy atom. The van der Waals surface area contributed by atoms with Crippen molar-refractivity contribution in [3.8, 4) is 5.88 Å². The quantitative estimate of drug-likeness (QED) is 0.903. The highest BCUT2D eigenvalue weighted by Crippen LogP contribution is 2.18. The third-order valence-corrected chi connectivity index (χ3v) is 2.67. The maximum absolute atomic E-state index is 12.2. The van der Waals surface area contributed by atoms with E-state index in [-0.39, 0.29) is 17.7 Å². The molecule has 0 aliphatic rings. The molecule has 2 N–H and O–H groups in total. The molecule has 0 bridgehead atoms. The van der Waals surface area contributed by atoms with Gasteiger partial charge in [-0.05, 0) is 36.4 Å². The van der Waals surface area contributed by atoms with Crippen LogP contribution in [0.15, 0.2) is 42.6 Å². The van der Waals surface area contributed by atoms with Gasteiger partial charge in [0.2, 0.25) is 11.8 Å². The molecule has 0 saturated heterocycles. The van der Waals surface area contributed by atoms with E-state index >= 15 is 0 Å². The molecule has 0 unspecified atom stereocenters. The second-order valence-electron chi connectivity index (χ2n) is 4.27. The minimum Gasteiger partial charge on any atom is -0.480 e. The summed E-state index contributed by atoms with van der Waals surface area (Å²) in [4.78, 5) is 27.1. The molecule has 6 heteroatoms. The van der Waals surface area contributed by atoms with Gasteiger partial charge in [-0.1, -0.05) is 0 Å². The predicted molar refractivity (Wildman–Crippen MR) is 79.5 cm³/mol. The Morgan fingerprint density at radius 1 is 1.05 bits per heavy atom. The smallest absolute Gasteiger partial charge is 0.261 e. The van der Waals surface area contributed by atoms with Gasteiger partial charge < -0.3 is 15.4 Å². The number of methoxy groups -OCH3 is 1. The highest BCUT2D eigenvalue weighted by atomic mass is 16.5. The molecule has 0 aliphatic heterocycles. The van der Waals surface area contributed by atoms with Gasteiger partial charge in [-0.25, -0.2) is 4.98 Å². The maximum Gasteiger partial charge on any atom is 0.261 e. The van der Waals surface area contributed by atoms with Gasteiger partial charge in [0.05, 0.1) is 7.11 Å². The van der Waals surface area contributed by atoms with Gasteiger partial charge >= 0.3 is 0 Å². The first-order valence-corrected chi connectivity index (χ1v) is 6.28. The molecule has 2 amide bonds. The fourth-order valence-corrected chi connectivity index (χ4v) is 1.76. The molecular formula is C15H15N3O3. The molecule has 1 aromatic carbocycles. The molecule has 0 fully saturated rings. The van der Waals surface area contributed by atoms with Gasteiger partial charge in [-0.15, -0.1) is 0 Å². The van der Waals surface area contributed by atoms with Crippen LogP contribution in [0.2, 0.25) is 0 Å². The van der Waals surface area contributed by atoms with Gasteiger partial charge in [0.1, 0.15) is 5.56 Å². The number of anilines is 2. The summed E-state index contributed by atoms with van der Waals surface area (Å²) in [5.74, 6) is -0.191. The van der Waals surface area contributed by atoms with Crippen molar-refractivity contribution in [2.45, 2.75) is 6.92 Å². The standard InChI is InChI=1S/C15H15N3O3/c1-10(19)17-11-5-7-12(8-6-11)18-14(20)13-4-3-9-16-15(13)21-2/h3-9H,1-2H3,(H,17,19)(H,18,20). The van der Waals surface area contributed by atoms with Crippen LogP contribution < -0.4 is 15.4 Å². The van der Waals surface area contributed by atoms with Crippen molar-refractivity contribution in [2.24, 2.45) is 0 Å². The van der Waals surface area contributed by atoms with E-state index in [9.17, 15) is 9.59 Å². The molecule has 0 radical (unpaired) electrons. The molecule has 1 heterocycles. The number of amides is 2. The summed E-state index contributed by atoms with van der Waals surface area (Å²) in [6.07, 6.45) is 1.55. The third kappa shape index (κ3) is 3.79. The molecule has 2 aromatic rings. The molecule has 0 aliphatic carbocycles. The lowest BCUT2D eigenvalue weighted by Gasteiger charge is -2.09. The fraction of sp³-hybridized carbons (Fsp3) is 0.133. The Kier molecular flexibility index (Phi) is 4.50. The first-order valence-electron chi connectivity index (χ1n) is 6.28. The second kappa shape index (κ2) is 6.51. The number of pyridine rings is 1. The van der Waals surface area contributed by atoms with Crippen LogP contribution in [0.1, 0.15) is 17.3 Å². The SMILES string of the molecule is COc1ncccc1C(=O)Nc1ccc(NC(C)=O)cc1. The summed E-state index contributed by atoms with van der Waals surface area (Å²) in [6, 6.07) is 10.1. The zero-order valence-corrected chi connectivity index (χ0v) is 11.7. The number of ether oxygens (including phenoxy) is 1. The lowest BCUT2D eigenvalue weighted by Crippen LogP contribution is -2.13. The first kappa shape index (κ1) is 14.5. The van der Waals surface area contributed by atoms with Gasteiger partial charge in [-0.3, -0.25) is 9.59 Å². The average Bonchev–Trinajstić information content (AvgIpc) is 2.48. The van der Waals surface area contributed by atoms with E-state index in [4.69, 9.17) is 4.74 Å². The van der Waals surface area contributed by atoms with Crippen molar-refractivity contribution in [1.29, 1.82) is 0 Å². The number of benzene rings is 1. The Labute approximate surface area is 122 Å². The molecule has 21 heavy (non-hydrogen) atoms. The average molecular weight is 285 g/mol. The van der Waals surface area contributed by atoms with Crippen LogP contribution in [0, 0.1) is 0 Å². The van der Waals surface area contributed by atoms with Gasteiger partial charge in [0, 0.05) is 24.5 Å². The maximum atomic E-state index is 12.2. The Balaban J connectivity index is 2.10. The third-order valence-electron chi connectivity index (χ3n) is 2.67. The highest BCUT2D eigenvalue weighted by molar-refractivity contribution is 6.05. The Bertz CT molecular complexity index is 653. The summed E-state index contributed by atoms with van der Waals surface area (Å²) in [6.45, 7) is 1.43. The predicted octanol–water partition coefficient (Wildman–Crippen LogP) is 2.30. The van der Waals surface area contributed by atoms with E-state index in [1.807, 2.05) is 0 Å². The normalized spacial score (nSPS) is 9.81. The summed E-state index contributed by atoms with van der Waals surface area (Å²) in [5.41, 5.74) is 1.63. The van der Waals surface area contributed by atoms with E-state index in [2.05, 4.69) is 15.6 Å². The Hall–Kier alpha value is -2.89. The molecule has 0 saturated carbocycles. The van der Waals surface area contributed by atoms with Crippen molar-refractivity contribution in [3.63, 3.8) is 0 Å². The molecule has 0 atom stereocenters. The van der Waals surface area contributed by atoms with Crippen molar-refractivity contribution in [3.05, 3.63) is 48.2 Å². The minimum atomic E-state index is -0.313. The molecule has 1 aromatic heterocycles. The van der Waals surface area contributed by atoms with Crippen molar-refractivity contribution in [1.82, 2.24) is 4.98 Å². The summed E-state index contributed by atoms with van der Waals surface area (Å²) in [7, 11) is 1.46. The van der Waals surface area contributed by atoms with Crippen molar-refractivity contribution < 1.29 is 14.3 Å². The van der Waals surface area contributed by atoms with E-state index < -0.39 is 0 Å². The molecule has 2 rings (SSSR count). The van der Waals surface area contributed by atoms with Crippen LogP contribution in [0.5, 0.6) is 5.88 Å². The Morgan fingerprint density at radius 2 is 1.67 bits per heavy atom. The van der Waals surface area contributed by atoms with Crippen LogP contribution >= 0.6 is 0 Å². The minimum absolute atomic E-state index is 0.146. The number of aromatic nitrogens is 1. The van der Waals surface area contributed by atoms with Crippen LogP contribution in [-0.2, 0) is 4.79 Å². The van der Waals surface area contributed by atoms with Gasteiger partial charge in [-0.2, -0.15) is 0 Å². The number of hydrogen-bond donors (Lipinski definition) is 2. The first-order chi connectivity index (χ1) is 10.1. The number of nitrogens with one attached hydrogen (secondary N) is 2. The largest absolute Gasteiger partial charge is 0.480 e. The number of carbonyl (C=O) groups excluding carboxylic acids is 2.